The van der Waals surface area contributed by atoms with E-state index >= 15 is 0 Å². The first-order valence-electron chi connectivity index (χ1n) is 8.77. The second kappa shape index (κ2) is 8.70. The van der Waals surface area contributed by atoms with Crippen LogP contribution in [0.5, 0.6) is 0 Å². The smallest absolute Gasteiger partial charge is 0.308 e. The number of thiazole rings is 1. The molecule has 0 aliphatic carbocycles. The van der Waals surface area contributed by atoms with E-state index in [1.54, 1.807) is 28.5 Å². The van der Waals surface area contributed by atoms with E-state index in [4.69, 9.17) is 4.74 Å². The monoisotopic (exact) mass is 423 g/mol. The van der Waals surface area contributed by atoms with E-state index in [1.165, 1.54) is 19.2 Å². The Balaban J connectivity index is 1.56. The summed E-state index contributed by atoms with van der Waals surface area (Å²) in [6.45, 7) is 0.993. The number of methoxy groups -OCH3 is 1. The molecule has 0 bridgehead atoms. The zero-order valence-corrected chi connectivity index (χ0v) is 17.0. The Labute approximate surface area is 167 Å². The van der Waals surface area contributed by atoms with Crippen molar-refractivity contribution >= 4 is 38.4 Å². The predicted molar refractivity (Wildman–Crippen MR) is 104 cm³/mol. The van der Waals surface area contributed by atoms with Crippen LogP contribution in [0.4, 0.5) is 5.13 Å². The zero-order chi connectivity index (χ0) is 20.1. The summed E-state index contributed by atoms with van der Waals surface area (Å²) in [5, 5.41) is 1.89. The number of carbonyl (C=O) groups excluding carboxylic acids is 2. The number of benzene rings is 1. The van der Waals surface area contributed by atoms with E-state index in [0.29, 0.717) is 31.6 Å². The predicted octanol–water partition coefficient (Wildman–Crippen LogP) is 1.90. The number of aromatic nitrogens is 1. The van der Waals surface area contributed by atoms with Gasteiger partial charge in [-0.25, -0.2) is 13.4 Å². The highest BCUT2D eigenvalue weighted by atomic mass is 32.2. The maximum atomic E-state index is 12.5. The van der Waals surface area contributed by atoms with Gasteiger partial charge in [-0.2, -0.15) is 0 Å². The lowest BCUT2D eigenvalue weighted by Crippen LogP contribution is -2.41. The van der Waals surface area contributed by atoms with Crippen LogP contribution in [0.15, 0.2) is 40.6 Å². The summed E-state index contributed by atoms with van der Waals surface area (Å²) in [5.74, 6) is -0.486. The summed E-state index contributed by atoms with van der Waals surface area (Å²) in [6.07, 6.45) is 1.25. The number of carbonyl (C=O) groups is 2. The first-order chi connectivity index (χ1) is 13.4. The Kier molecular flexibility index (Phi) is 6.30. The van der Waals surface area contributed by atoms with E-state index in [1.807, 2.05) is 0 Å². The standard InChI is InChI=1S/C18H21N3O5S2/c1-26-17(23)13-7-9-21(10-8-13)16(22)11-14-12-27-18(19-14)20-28(24,25)15-5-3-2-4-6-15/h2-6,12-13H,7-11H2,1H3,(H,19,20). The first-order valence-corrected chi connectivity index (χ1v) is 11.1. The van der Waals surface area contributed by atoms with Gasteiger partial charge in [0, 0.05) is 18.5 Å². The highest BCUT2D eigenvalue weighted by molar-refractivity contribution is 7.93. The number of piperidine rings is 1. The quantitative estimate of drug-likeness (QED) is 0.712. The number of ether oxygens (including phenoxy) is 1. The van der Waals surface area contributed by atoms with Crippen LogP contribution in [0.1, 0.15) is 18.5 Å². The van der Waals surface area contributed by atoms with Crippen molar-refractivity contribution in [2.24, 2.45) is 5.92 Å². The molecule has 0 atom stereocenters. The SMILES string of the molecule is COC(=O)C1CCN(C(=O)Cc2csc(NS(=O)(=O)c3ccccc3)n2)CC1. The van der Waals surface area contributed by atoms with Gasteiger partial charge in [-0.05, 0) is 25.0 Å². The molecule has 10 heteroatoms. The molecule has 0 saturated carbocycles. The molecule has 1 fully saturated rings. The second-order valence-corrected chi connectivity index (χ2v) is 8.96. The lowest BCUT2D eigenvalue weighted by molar-refractivity contribution is -0.148. The van der Waals surface area contributed by atoms with Gasteiger partial charge in [0.25, 0.3) is 10.0 Å². The fourth-order valence-electron chi connectivity index (χ4n) is 3.01. The van der Waals surface area contributed by atoms with Gasteiger partial charge in [-0.3, -0.25) is 14.3 Å². The minimum Gasteiger partial charge on any atom is -0.469 e. The fourth-order valence-corrected chi connectivity index (χ4v) is 4.99. The van der Waals surface area contributed by atoms with Gasteiger partial charge in [0.1, 0.15) is 0 Å². The molecule has 0 spiro atoms. The molecule has 2 heterocycles. The molecule has 1 aromatic carbocycles. The van der Waals surface area contributed by atoms with Gasteiger partial charge in [0.15, 0.2) is 5.13 Å². The molecule has 8 nitrogen and oxygen atoms in total. The summed E-state index contributed by atoms with van der Waals surface area (Å²) in [5.41, 5.74) is 0.510. The van der Waals surface area contributed by atoms with E-state index in [2.05, 4.69) is 9.71 Å². The molecule has 1 N–H and O–H groups in total. The number of hydrogen-bond acceptors (Lipinski definition) is 7. The van der Waals surface area contributed by atoms with Gasteiger partial charge < -0.3 is 9.64 Å². The normalized spacial score (nSPS) is 15.2. The number of sulfonamides is 1. The third-order valence-corrected chi connectivity index (χ3v) is 6.83. The largest absolute Gasteiger partial charge is 0.469 e. The molecule has 1 aliphatic heterocycles. The third kappa shape index (κ3) is 4.87. The van der Waals surface area contributed by atoms with Gasteiger partial charge in [0.2, 0.25) is 5.91 Å². The Hall–Kier alpha value is -2.46. The van der Waals surface area contributed by atoms with Crippen LogP contribution < -0.4 is 4.72 Å². The molecule has 2 aromatic rings. The minimum absolute atomic E-state index is 0.0897. The Morgan fingerprint density at radius 3 is 2.57 bits per heavy atom. The van der Waals surface area contributed by atoms with Crippen molar-refractivity contribution in [3.8, 4) is 0 Å². The van der Waals surface area contributed by atoms with Crippen LogP contribution in [-0.4, -0.2) is 50.4 Å². The molecule has 3 rings (SSSR count). The highest BCUT2D eigenvalue weighted by Gasteiger charge is 2.28. The zero-order valence-electron chi connectivity index (χ0n) is 15.3. The van der Waals surface area contributed by atoms with Crippen molar-refractivity contribution in [1.29, 1.82) is 0 Å². The molecule has 1 aromatic heterocycles. The molecule has 0 unspecified atom stereocenters. The van der Waals surface area contributed by atoms with Crippen LogP contribution in [0, 0.1) is 5.92 Å². The molecular weight excluding hydrogens is 402 g/mol. The topological polar surface area (TPSA) is 106 Å². The summed E-state index contributed by atoms with van der Waals surface area (Å²) < 4.78 is 31.9. The number of hydrogen-bond donors (Lipinski definition) is 1. The average Bonchev–Trinajstić information content (AvgIpc) is 3.14. The number of nitrogens with zero attached hydrogens (tertiary/aromatic N) is 2. The minimum atomic E-state index is -3.71. The maximum Gasteiger partial charge on any atom is 0.308 e. The van der Waals surface area contributed by atoms with Gasteiger partial charge in [-0.1, -0.05) is 18.2 Å². The Morgan fingerprint density at radius 1 is 1.25 bits per heavy atom. The number of amides is 1. The Bertz CT molecular complexity index is 935. The summed E-state index contributed by atoms with van der Waals surface area (Å²) in [7, 11) is -2.34. The fraction of sp³-hybridized carbons (Fsp3) is 0.389. The molecule has 1 saturated heterocycles. The van der Waals surface area contributed by atoms with Crippen molar-refractivity contribution in [3.63, 3.8) is 0 Å². The molecular formula is C18H21N3O5S2. The summed E-state index contributed by atoms with van der Waals surface area (Å²) >= 11 is 1.13. The van der Waals surface area contributed by atoms with E-state index in [0.717, 1.165) is 11.3 Å². The number of nitrogens with one attached hydrogen (secondary N) is 1. The lowest BCUT2D eigenvalue weighted by Gasteiger charge is -2.30. The number of esters is 1. The first kappa shape index (κ1) is 20.3. The second-order valence-electron chi connectivity index (χ2n) is 6.42. The number of likely N-dealkylation sites (tertiary alicyclic amines) is 1. The van der Waals surface area contributed by atoms with Crippen molar-refractivity contribution < 1.29 is 22.7 Å². The van der Waals surface area contributed by atoms with Gasteiger partial charge in [0.05, 0.1) is 30.0 Å². The Morgan fingerprint density at radius 2 is 1.93 bits per heavy atom. The molecule has 150 valence electrons. The van der Waals surface area contributed by atoms with E-state index in [-0.39, 0.29) is 34.2 Å². The number of rotatable bonds is 6. The molecule has 1 amide bonds. The van der Waals surface area contributed by atoms with Crippen molar-refractivity contribution in [3.05, 3.63) is 41.4 Å². The third-order valence-electron chi connectivity index (χ3n) is 4.54. The maximum absolute atomic E-state index is 12.5. The molecule has 28 heavy (non-hydrogen) atoms. The molecule has 1 aliphatic rings. The van der Waals surface area contributed by atoms with Crippen LogP contribution in [0.3, 0.4) is 0 Å². The van der Waals surface area contributed by atoms with Gasteiger partial charge >= 0.3 is 5.97 Å². The van der Waals surface area contributed by atoms with E-state index in [9.17, 15) is 18.0 Å². The van der Waals surface area contributed by atoms with Crippen molar-refractivity contribution in [1.82, 2.24) is 9.88 Å². The average molecular weight is 424 g/mol. The van der Waals surface area contributed by atoms with E-state index < -0.39 is 10.0 Å². The number of anilines is 1. The molecule has 0 radical (unpaired) electrons. The van der Waals surface area contributed by atoms with Crippen molar-refractivity contribution in [2.75, 3.05) is 24.9 Å². The van der Waals surface area contributed by atoms with Crippen LogP contribution in [0.2, 0.25) is 0 Å². The van der Waals surface area contributed by atoms with Gasteiger partial charge in [-0.15, -0.1) is 11.3 Å². The summed E-state index contributed by atoms with van der Waals surface area (Å²) in [6, 6.07) is 8.02. The highest BCUT2D eigenvalue weighted by Crippen LogP contribution is 2.22. The lowest BCUT2D eigenvalue weighted by atomic mass is 9.97. The van der Waals surface area contributed by atoms with Crippen LogP contribution >= 0.6 is 11.3 Å². The van der Waals surface area contributed by atoms with Crippen LogP contribution in [-0.2, 0) is 30.8 Å². The van der Waals surface area contributed by atoms with Crippen molar-refractivity contribution in [2.45, 2.75) is 24.2 Å². The summed E-state index contributed by atoms with van der Waals surface area (Å²) in [4.78, 5) is 30.1. The van der Waals surface area contributed by atoms with Crippen LogP contribution in [0.25, 0.3) is 0 Å².